The molecule has 1 N–H and O–H groups in total. The number of hydrogen-bond acceptors (Lipinski definition) is 4. The number of hydrogen-bond donors (Lipinski definition) is 1. The molecule has 0 bridgehead atoms. The first-order valence-corrected chi connectivity index (χ1v) is 10.4. The standard InChI is InChI=1S/C20H27N3O2S/c1-4-23-19(25)15-11-7-8-12-16(15)22-20(23)26-17(13(2)3)18(24)21-14-9-5-6-10-14/h7-8,11-14,17H,4-6,9-10H2,1-3H3,(H,21,24). The lowest BCUT2D eigenvalue weighted by Crippen LogP contribution is -2.41. The van der Waals surface area contributed by atoms with Crippen LogP contribution in [0.15, 0.2) is 34.2 Å². The van der Waals surface area contributed by atoms with Crippen molar-refractivity contribution in [3.63, 3.8) is 0 Å². The second kappa shape index (κ2) is 8.25. The Labute approximate surface area is 158 Å². The number of para-hydroxylation sites is 1. The largest absolute Gasteiger partial charge is 0.352 e. The summed E-state index contributed by atoms with van der Waals surface area (Å²) in [6, 6.07) is 7.68. The van der Waals surface area contributed by atoms with Crippen LogP contribution in [-0.2, 0) is 11.3 Å². The molecular weight excluding hydrogens is 346 g/mol. The van der Waals surface area contributed by atoms with Crippen LogP contribution in [0, 0.1) is 5.92 Å². The van der Waals surface area contributed by atoms with E-state index in [0.29, 0.717) is 28.6 Å². The molecular formula is C20H27N3O2S. The number of fused-ring (bicyclic) bond motifs is 1. The minimum absolute atomic E-state index is 0.0423. The minimum Gasteiger partial charge on any atom is -0.352 e. The van der Waals surface area contributed by atoms with E-state index in [0.717, 1.165) is 12.8 Å². The molecule has 140 valence electrons. The summed E-state index contributed by atoms with van der Waals surface area (Å²) in [5, 5.41) is 4.17. The molecule has 1 aromatic heterocycles. The SMILES string of the molecule is CCn1c(SC(C(=O)NC2CCCC2)C(C)C)nc2ccccc2c1=O. The molecule has 2 aromatic rings. The minimum atomic E-state index is -0.263. The summed E-state index contributed by atoms with van der Waals surface area (Å²) in [5.41, 5.74) is 0.641. The number of thioether (sulfide) groups is 1. The van der Waals surface area contributed by atoms with E-state index in [4.69, 9.17) is 0 Å². The summed E-state index contributed by atoms with van der Waals surface area (Å²) in [7, 11) is 0. The van der Waals surface area contributed by atoms with Gasteiger partial charge in [-0.3, -0.25) is 14.2 Å². The van der Waals surface area contributed by atoms with E-state index in [1.807, 2.05) is 39.0 Å². The summed E-state index contributed by atoms with van der Waals surface area (Å²) >= 11 is 1.41. The third-order valence-electron chi connectivity index (χ3n) is 4.94. The Kier molecular flexibility index (Phi) is 6.01. The fourth-order valence-electron chi connectivity index (χ4n) is 3.48. The molecule has 0 radical (unpaired) electrons. The third kappa shape index (κ3) is 3.95. The van der Waals surface area contributed by atoms with Gasteiger partial charge in [0.15, 0.2) is 5.16 Å². The van der Waals surface area contributed by atoms with Crippen LogP contribution < -0.4 is 10.9 Å². The van der Waals surface area contributed by atoms with Crippen molar-refractivity contribution in [3.05, 3.63) is 34.6 Å². The lowest BCUT2D eigenvalue weighted by atomic mass is 10.1. The summed E-state index contributed by atoms with van der Waals surface area (Å²) < 4.78 is 1.67. The molecule has 0 spiro atoms. The molecule has 26 heavy (non-hydrogen) atoms. The van der Waals surface area contributed by atoms with E-state index in [9.17, 15) is 9.59 Å². The highest BCUT2D eigenvalue weighted by atomic mass is 32.2. The highest BCUT2D eigenvalue weighted by Gasteiger charge is 2.28. The predicted molar refractivity (Wildman–Crippen MR) is 107 cm³/mol. The lowest BCUT2D eigenvalue weighted by molar-refractivity contribution is -0.121. The Morgan fingerprint density at radius 1 is 1.31 bits per heavy atom. The van der Waals surface area contributed by atoms with Gasteiger partial charge in [-0.2, -0.15) is 0 Å². The first-order valence-electron chi connectivity index (χ1n) is 9.48. The van der Waals surface area contributed by atoms with Gasteiger partial charge in [-0.05, 0) is 37.8 Å². The predicted octanol–water partition coefficient (Wildman–Crippen LogP) is 3.59. The highest BCUT2D eigenvalue weighted by molar-refractivity contribution is 8.00. The summed E-state index contributed by atoms with van der Waals surface area (Å²) in [5.74, 6) is 0.206. The number of benzene rings is 1. The Bertz CT molecular complexity index is 841. The maximum atomic E-state index is 12.8. The Morgan fingerprint density at radius 3 is 2.65 bits per heavy atom. The zero-order valence-electron chi connectivity index (χ0n) is 15.7. The molecule has 0 aliphatic heterocycles. The van der Waals surface area contributed by atoms with Crippen molar-refractivity contribution in [2.24, 2.45) is 5.92 Å². The molecule has 1 atom stereocenters. The van der Waals surface area contributed by atoms with Crippen LogP contribution in [0.1, 0.15) is 46.5 Å². The fourth-order valence-corrected chi connectivity index (χ4v) is 4.64. The van der Waals surface area contributed by atoms with E-state index >= 15 is 0 Å². The van der Waals surface area contributed by atoms with Gasteiger partial charge in [-0.15, -0.1) is 0 Å². The number of amides is 1. The first-order chi connectivity index (χ1) is 12.5. The number of carbonyl (C=O) groups is 1. The average molecular weight is 374 g/mol. The lowest BCUT2D eigenvalue weighted by Gasteiger charge is -2.23. The number of aromatic nitrogens is 2. The van der Waals surface area contributed by atoms with E-state index in [1.54, 1.807) is 10.6 Å². The van der Waals surface area contributed by atoms with E-state index in [2.05, 4.69) is 10.3 Å². The van der Waals surface area contributed by atoms with Crippen LogP contribution in [-0.4, -0.2) is 26.8 Å². The van der Waals surface area contributed by atoms with Gasteiger partial charge in [0, 0.05) is 12.6 Å². The Hall–Kier alpha value is -1.82. The summed E-state index contributed by atoms with van der Waals surface area (Å²) in [6.45, 7) is 6.56. The van der Waals surface area contributed by atoms with Gasteiger partial charge in [0.2, 0.25) is 5.91 Å². The van der Waals surface area contributed by atoms with Gasteiger partial charge in [-0.25, -0.2) is 4.98 Å². The van der Waals surface area contributed by atoms with E-state index in [-0.39, 0.29) is 22.6 Å². The van der Waals surface area contributed by atoms with Crippen molar-refractivity contribution in [2.75, 3.05) is 0 Å². The Balaban J connectivity index is 1.91. The fraction of sp³-hybridized carbons (Fsp3) is 0.550. The molecule has 6 heteroatoms. The molecule has 1 heterocycles. The van der Waals surface area contributed by atoms with E-state index < -0.39 is 0 Å². The smallest absolute Gasteiger partial charge is 0.262 e. The van der Waals surface area contributed by atoms with Gasteiger partial charge in [0.25, 0.3) is 5.56 Å². The number of nitrogens with zero attached hydrogens (tertiary/aromatic N) is 2. The van der Waals surface area contributed by atoms with Crippen LogP contribution >= 0.6 is 11.8 Å². The van der Waals surface area contributed by atoms with Crippen LogP contribution in [0.25, 0.3) is 10.9 Å². The second-order valence-corrected chi connectivity index (χ2v) is 8.34. The maximum absolute atomic E-state index is 12.8. The van der Waals surface area contributed by atoms with Crippen LogP contribution in [0.3, 0.4) is 0 Å². The topological polar surface area (TPSA) is 64.0 Å². The average Bonchev–Trinajstić information content (AvgIpc) is 3.12. The Morgan fingerprint density at radius 2 is 2.00 bits per heavy atom. The number of nitrogens with one attached hydrogen (secondary N) is 1. The van der Waals surface area contributed by atoms with Crippen LogP contribution in [0.4, 0.5) is 0 Å². The van der Waals surface area contributed by atoms with Crippen LogP contribution in [0.5, 0.6) is 0 Å². The summed E-state index contributed by atoms with van der Waals surface area (Å²) in [4.78, 5) is 30.3. The van der Waals surface area contributed by atoms with Crippen molar-refractivity contribution in [2.45, 2.75) is 69.4 Å². The molecule has 1 aromatic carbocycles. The van der Waals surface area contributed by atoms with Gasteiger partial charge >= 0.3 is 0 Å². The molecule has 1 fully saturated rings. The summed E-state index contributed by atoms with van der Waals surface area (Å²) in [6.07, 6.45) is 4.50. The van der Waals surface area contributed by atoms with Crippen molar-refractivity contribution in [1.82, 2.24) is 14.9 Å². The van der Waals surface area contributed by atoms with Crippen molar-refractivity contribution in [3.8, 4) is 0 Å². The quantitative estimate of drug-likeness (QED) is 0.621. The second-order valence-electron chi connectivity index (χ2n) is 7.23. The number of rotatable bonds is 6. The zero-order valence-corrected chi connectivity index (χ0v) is 16.5. The van der Waals surface area contributed by atoms with E-state index in [1.165, 1.54) is 24.6 Å². The van der Waals surface area contributed by atoms with Crippen molar-refractivity contribution in [1.29, 1.82) is 0 Å². The van der Waals surface area contributed by atoms with Crippen molar-refractivity contribution >= 4 is 28.6 Å². The van der Waals surface area contributed by atoms with Gasteiger partial charge < -0.3 is 5.32 Å². The van der Waals surface area contributed by atoms with Gasteiger partial charge in [0.1, 0.15) is 0 Å². The molecule has 0 saturated heterocycles. The molecule has 3 rings (SSSR count). The van der Waals surface area contributed by atoms with Gasteiger partial charge in [-0.1, -0.05) is 50.6 Å². The van der Waals surface area contributed by atoms with Crippen molar-refractivity contribution < 1.29 is 4.79 Å². The molecule has 1 unspecified atom stereocenters. The first kappa shape index (κ1) is 19.0. The molecule has 1 saturated carbocycles. The molecule has 1 aliphatic rings. The number of carbonyl (C=O) groups excluding carboxylic acids is 1. The van der Waals surface area contributed by atoms with Gasteiger partial charge in [0.05, 0.1) is 16.2 Å². The molecule has 5 nitrogen and oxygen atoms in total. The zero-order chi connectivity index (χ0) is 18.7. The highest BCUT2D eigenvalue weighted by Crippen LogP contribution is 2.28. The monoisotopic (exact) mass is 373 g/mol. The third-order valence-corrected chi connectivity index (χ3v) is 6.48. The normalized spacial score (nSPS) is 16.3. The van der Waals surface area contributed by atoms with Crippen LogP contribution in [0.2, 0.25) is 0 Å². The molecule has 1 aliphatic carbocycles. The molecule has 1 amide bonds. The maximum Gasteiger partial charge on any atom is 0.262 e.